The Morgan fingerprint density at radius 2 is 2.00 bits per heavy atom. The predicted molar refractivity (Wildman–Crippen MR) is 61.9 cm³/mol. The van der Waals surface area contributed by atoms with Crippen LogP contribution in [0.4, 0.5) is 0 Å². The monoisotopic (exact) mass is 223 g/mol. The molecule has 2 aliphatic carbocycles. The number of Topliss-reactive ketones (excluding diaryl/α,β-unsaturated/α-hetero) is 1. The second kappa shape index (κ2) is 4.56. The fourth-order valence-electron chi connectivity index (χ4n) is 3.40. The summed E-state index contributed by atoms with van der Waals surface area (Å²) in [6, 6.07) is 0. The summed E-state index contributed by atoms with van der Waals surface area (Å²) in [6.45, 7) is 2.33. The lowest BCUT2D eigenvalue weighted by molar-refractivity contribution is -0.134. The average Bonchev–Trinajstić information content (AvgIpc) is 2.77. The van der Waals surface area contributed by atoms with Crippen LogP contribution in [0.5, 0.6) is 0 Å². The number of nitrogens with zero attached hydrogens (tertiary/aromatic N) is 1. The standard InChI is InChI=1S/C13H21NO2/c1-9(15)5-13(16)14(2)8-12-7-10-3-4-11(12)6-10/h10-12H,3-8H2,1-2H3. The molecule has 0 aliphatic heterocycles. The van der Waals surface area contributed by atoms with E-state index in [1.165, 1.54) is 32.6 Å². The molecule has 0 spiro atoms. The Labute approximate surface area is 97.2 Å². The maximum atomic E-state index is 11.7. The molecule has 3 nitrogen and oxygen atoms in total. The van der Waals surface area contributed by atoms with E-state index in [9.17, 15) is 9.59 Å². The minimum Gasteiger partial charge on any atom is -0.345 e. The number of carbonyl (C=O) groups is 2. The van der Waals surface area contributed by atoms with Gasteiger partial charge in [0.2, 0.25) is 5.91 Å². The highest BCUT2D eigenvalue weighted by Gasteiger charge is 2.39. The summed E-state index contributed by atoms with van der Waals surface area (Å²) in [5, 5.41) is 0. The smallest absolute Gasteiger partial charge is 0.229 e. The van der Waals surface area contributed by atoms with Crippen LogP contribution in [0.3, 0.4) is 0 Å². The SMILES string of the molecule is CC(=O)CC(=O)N(C)CC1CC2CCC1C2. The van der Waals surface area contributed by atoms with Gasteiger partial charge in [-0.1, -0.05) is 6.42 Å². The van der Waals surface area contributed by atoms with Gasteiger partial charge >= 0.3 is 0 Å². The molecule has 1 amide bonds. The summed E-state index contributed by atoms with van der Waals surface area (Å²) in [6.07, 6.45) is 5.48. The van der Waals surface area contributed by atoms with Crippen molar-refractivity contribution in [3.63, 3.8) is 0 Å². The zero-order valence-electron chi connectivity index (χ0n) is 10.2. The van der Waals surface area contributed by atoms with Crippen molar-refractivity contribution >= 4 is 11.7 Å². The molecule has 0 aromatic carbocycles. The lowest BCUT2D eigenvalue weighted by Crippen LogP contribution is -2.34. The van der Waals surface area contributed by atoms with Crippen molar-refractivity contribution < 1.29 is 9.59 Å². The normalized spacial score (nSPS) is 31.8. The first kappa shape index (κ1) is 11.6. The minimum absolute atomic E-state index is 0.0183. The van der Waals surface area contributed by atoms with Crippen molar-refractivity contribution in [2.45, 2.75) is 39.0 Å². The van der Waals surface area contributed by atoms with Crippen molar-refractivity contribution in [2.75, 3.05) is 13.6 Å². The second-order valence-electron chi connectivity index (χ2n) is 5.59. The van der Waals surface area contributed by atoms with E-state index >= 15 is 0 Å². The summed E-state index contributed by atoms with van der Waals surface area (Å²) in [4.78, 5) is 24.3. The molecular weight excluding hydrogens is 202 g/mol. The van der Waals surface area contributed by atoms with Crippen LogP contribution in [0, 0.1) is 17.8 Å². The number of ketones is 1. The van der Waals surface area contributed by atoms with Gasteiger partial charge in [-0.2, -0.15) is 0 Å². The van der Waals surface area contributed by atoms with E-state index < -0.39 is 0 Å². The number of rotatable bonds is 4. The van der Waals surface area contributed by atoms with Crippen molar-refractivity contribution in [1.82, 2.24) is 4.90 Å². The van der Waals surface area contributed by atoms with Crippen LogP contribution in [0.25, 0.3) is 0 Å². The van der Waals surface area contributed by atoms with Crippen LogP contribution in [-0.4, -0.2) is 30.2 Å². The minimum atomic E-state index is -0.0372. The number of hydrogen-bond donors (Lipinski definition) is 0. The average molecular weight is 223 g/mol. The molecule has 0 radical (unpaired) electrons. The third kappa shape index (κ3) is 2.45. The van der Waals surface area contributed by atoms with E-state index in [2.05, 4.69) is 0 Å². The van der Waals surface area contributed by atoms with Gasteiger partial charge in [0.05, 0.1) is 6.42 Å². The maximum Gasteiger partial charge on any atom is 0.229 e. The van der Waals surface area contributed by atoms with Gasteiger partial charge in [0.15, 0.2) is 0 Å². The lowest BCUT2D eigenvalue weighted by Gasteiger charge is -2.27. The number of amides is 1. The number of fused-ring (bicyclic) bond motifs is 2. The summed E-state index contributed by atoms with van der Waals surface area (Å²) >= 11 is 0. The fraction of sp³-hybridized carbons (Fsp3) is 0.846. The van der Waals surface area contributed by atoms with Crippen molar-refractivity contribution in [2.24, 2.45) is 17.8 Å². The topological polar surface area (TPSA) is 37.4 Å². The zero-order chi connectivity index (χ0) is 11.7. The van der Waals surface area contributed by atoms with E-state index in [-0.39, 0.29) is 18.1 Å². The van der Waals surface area contributed by atoms with E-state index in [0.29, 0.717) is 5.92 Å². The molecule has 3 unspecified atom stereocenters. The summed E-state index contributed by atoms with van der Waals surface area (Å²) in [5.41, 5.74) is 0. The van der Waals surface area contributed by atoms with E-state index in [1.807, 2.05) is 7.05 Å². The van der Waals surface area contributed by atoms with Crippen molar-refractivity contribution in [1.29, 1.82) is 0 Å². The molecule has 3 heteroatoms. The van der Waals surface area contributed by atoms with Gasteiger partial charge in [0.25, 0.3) is 0 Å². The first-order valence-corrected chi connectivity index (χ1v) is 6.29. The lowest BCUT2D eigenvalue weighted by atomic mass is 9.88. The first-order chi connectivity index (χ1) is 7.56. The van der Waals surface area contributed by atoms with Gasteiger partial charge < -0.3 is 4.90 Å². The Bertz CT molecular complexity index is 300. The van der Waals surface area contributed by atoms with Crippen LogP contribution in [0.15, 0.2) is 0 Å². The molecule has 3 atom stereocenters. The Balaban J connectivity index is 1.81. The molecule has 2 rings (SSSR count). The molecule has 2 aliphatic rings. The van der Waals surface area contributed by atoms with E-state index in [0.717, 1.165) is 18.4 Å². The molecule has 0 aromatic heterocycles. The Morgan fingerprint density at radius 1 is 1.25 bits per heavy atom. The Kier molecular flexibility index (Phi) is 3.31. The van der Waals surface area contributed by atoms with Gasteiger partial charge in [-0.25, -0.2) is 0 Å². The molecule has 0 saturated heterocycles. The molecule has 2 bridgehead atoms. The molecule has 0 N–H and O–H groups in total. The molecule has 0 heterocycles. The predicted octanol–water partition coefficient (Wildman–Crippen LogP) is 1.86. The largest absolute Gasteiger partial charge is 0.345 e. The molecular formula is C13H21NO2. The third-order valence-corrected chi connectivity index (χ3v) is 4.22. The van der Waals surface area contributed by atoms with Gasteiger partial charge in [-0.3, -0.25) is 9.59 Å². The third-order valence-electron chi connectivity index (χ3n) is 4.22. The highest BCUT2D eigenvalue weighted by molar-refractivity contribution is 5.96. The summed E-state index contributed by atoms with van der Waals surface area (Å²) in [5.74, 6) is 2.41. The number of carbonyl (C=O) groups excluding carboxylic acids is 2. The van der Waals surface area contributed by atoms with Gasteiger partial charge in [0, 0.05) is 13.6 Å². The Hall–Kier alpha value is -0.860. The highest BCUT2D eigenvalue weighted by atomic mass is 16.2. The van der Waals surface area contributed by atoms with Crippen LogP contribution < -0.4 is 0 Å². The summed E-state index contributed by atoms with van der Waals surface area (Å²) in [7, 11) is 1.83. The summed E-state index contributed by atoms with van der Waals surface area (Å²) < 4.78 is 0. The van der Waals surface area contributed by atoms with E-state index in [1.54, 1.807) is 4.90 Å². The highest BCUT2D eigenvalue weighted by Crippen LogP contribution is 2.48. The van der Waals surface area contributed by atoms with Crippen molar-refractivity contribution in [3.05, 3.63) is 0 Å². The van der Waals surface area contributed by atoms with Crippen LogP contribution >= 0.6 is 0 Å². The van der Waals surface area contributed by atoms with Gasteiger partial charge in [0.1, 0.15) is 5.78 Å². The van der Waals surface area contributed by atoms with Crippen LogP contribution in [0.2, 0.25) is 0 Å². The van der Waals surface area contributed by atoms with Gasteiger partial charge in [-0.05, 0) is 43.9 Å². The van der Waals surface area contributed by atoms with Crippen molar-refractivity contribution in [3.8, 4) is 0 Å². The first-order valence-electron chi connectivity index (χ1n) is 6.29. The maximum absolute atomic E-state index is 11.7. The quantitative estimate of drug-likeness (QED) is 0.682. The van der Waals surface area contributed by atoms with E-state index in [4.69, 9.17) is 0 Å². The fourth-order valence-corrected chi connectivity index (χ4v) is 3.40. The Morgan fingerprint density at radius 3 is 2.50 bits per heavy atom. The molecule has 2 fully saturated rings. The number of hydrogen-bond acceptors (Lipinski definition) is 2. The zero-order valence-corrected chi connectivity index (χ0v) is 10.2. The second-order valence-corrected chi connectivity index (χ2v) is 5.59. The molecule has 16 heavy (non-hydrogen) atoms. The molecule has 0 aromatic rings. The molecule has 90 valence electrons. The molecule has 2 saturated carbocycles. The van der Waals surface area contributed by atoms with Gasteiger partial charge in [-0.15, -0.1) is 0 Å². The van der Waals surface area contributed by atoms with Crippen LogP contribution in [-0.2, 0) is 9.59 Å². The van der Waals surface area contributed by atoms with Crippen LogP contribution in [0.1, 0.15) is 39.0 Å².